The molecule has 0 radical (unpaired) electrons. The summed E-state index contributed by atoms with van der Waals surface area (Å²) >= 11 is 0. The lowest BCUT2D eigenvalue weighted by atomic mass is 9.91. The number of carbonyl (C=O) groups excluding carboxylic acids is 1. The fourth-order valence-corrected chi connectivity index (χ4v) is 3.61. The van der Waals surface area contributed by atoms with E-state index in [1.807, 2.05) is 0 Å². The van der Waals surface area contributed by atoms with Crippen LogP contribution in [0, 0.1) is 17.3 Å². The second kappa shape index (κ2) is 5.04. The third-order valence-corrected chi connectivity index (χ3v) is 5.05. The minimum atomic E-state index is 0.318. The number of hydrogen-bond donors (Lipinski definition) is 2. The van der Waals surface area contributed by atoms with E-state index in [4.69, 9.17) is 0 Å². The molecule has 3 rings (SSSR count). The summed E-state index contributed by atoms with van der Waals surface area (Å²) in [5, 5.41) is 6.58. The lowest BCUT2D eigenvalue weighted by Crippen LogP contribution is -2.35. The van der Waals surface area contributed by atoms with Gasteiger partial charge in [-0.1, -0.05) is 12.2 Å². The number of allylic oxidation sites excluding steroid dienone is 2. The Labute approximate surface area is 109 Å². The van der Waals surface area contributed by atoms with Gasteiger partial charge in [-0.15, -0.1) is 0 Å². The predicted molar refractivity (Wildman–Crippen MR) is 72.1 cm³/mol. The van der Waals surface area contributed by atoms with Gasteiger partial charge in [0.2, 0.25) is 5.91 Å². The first-order valence-electron chi connectivity index (χ1n) is 7.44. The third-order valence-electron chi connectivity index (χ3n) is 5.05. The van der Waals surface area contributed by atoms with Crippen LogP contribution >= 0.6 is 0 Å². The van der Waals surface area contributed by atoms with E-state index in [-0.39, 0.29) is 0 Å². The summed E-state index contributed by atoms with van der Waals surface area (Å²) in [5.41, 5.74) is 0.377. The molecule has 2 atom stereocenters. The van der Waals surface area contributed by atoms with E-state index in [0.29, 0.717) is 23.2 Å². The zero-order valence-electron chi connectivity index (χ0n) is 11.1. The first-order valence-corrected chi connectivity index (χ1v) is 7.44. The van der Waals surface area contributed by atoms with E-state index in [9.17, 15) is 4.79 Å². The Morgan fingerprint density at radius 1 is 1.33 bits per heavy atom. The number of rotatable bonds is 3. The van der Waals surface area contributed by atoms with Crippen LogP contribution in [0.1, 0.15) is 38.5 Å². The van der Waals surface area contributed by atoms with E-state index < -0.39 is 0 Å². The Morgan fingerprint density at radius 3 is 2.89 bits per heavy atom. The lowest BCUT2D eigenvalue weighted by Gasteiger charge is -2.23. The van der Waals surface area contributed by atoms with Crippen LogP contribution in [0.3, 0.4) is 0 Å². The van der Waals surface area contributed by atoms with Crippen molar-refractivity contribution >= 4 is 5.91 Å². The van der Waals surface area contributed by atoms with Crippen LogP contribution in [-0.4, -0.2) is 25.5 Å². The molecule has 18 heavy (non-hydrogen) atoms. The number of piperidine rings is 1. The molecule has 1 aliphatic heterocycles. The molecule has 100 valence electrons. The van der Waals surface area contributed by atoms with Gasteiger partial charge in [0.25, 0.3) is 0 Å². The molecule has 3 aliphatic rings. The van der Waals surface area contributed by atoms with Crippen LogP contribution in [-0.2, 0) is 4.79 Å². The zero-order chi connectivity index (χ0) is 12.4. The summed E-state index contributed by atoms with van der Waals surface area (Å²) in [6.07, 6.45) is 11.6. The molecular weight excluding hydrogens is 224 g/mol. The van der Waals surface area contributed by atoms with Crippen LogP contribution in [0.25, 0.3) is 0 Å². The highest BCUT2D eigenvalue weighted by molar-refractivity contribution is 5.82. The molecule has 1 saturated heterocycles. The summed E-state index contributed by atoms with van der Waals surface area (Å²) in [5.74, 6) is 1.31. The Morgan fingerprint density at radius 2 is 2.17 bits per heavy atom. The molecule has 0 bridgehead atoms. The highest BCUT2D eigenvalue weighted by Crippen LogP contribution is 2.58. The van der Waals surface area contributed by atoms with Crippen molar-refractivity contribution in [3.8, 4) is 0 Å². The van der Waals surface area contributed by atoms with E-state index in [1.54, 1.807) is 0 Å². The van der Waals surface area contributed by atoms with Crippen LogP contribution in [0.2, 0.25) is 0 Å². The first-order chi connectivity index (χ1) is 8.80. The highest BCUT2D eigenvalue weighted by atomic mass is 16.2. The fourth-order valence-electron chi connectivity index (χ4n) is 3.61. The van der Waals surface area contributed by atoms with Crippen molar-refractivity contribution < 1.29 is 4.79 Å². The molecule has 3 heteroatoms. The van der Waals surface area contributed by atoms with Crippen molar-refractivity contribution in [2.75, 3.05) is 19.6 Å². The van der Waals surface area contributed by atoms with Gasteiger partial charge in [-0.25, -0.2) is 0 Å². The second-order valence-electron chi connectivity index (χ2n) is 6.26. The second-order valence-corrected chi connectivity index (χ2v) is 6.26. The van der Waals surface area contributed by atoms with Crippen molar-refractivity contribution in [1.29, 1.82) is 0 Å². The largest absolute Gasteiger partial charge is 0.356 e. The first kappa shape index (κ1) is 12.2. The Kier molecular flexibility index (Phi) is 3.42. The van der Waals surface area contributed by atoms with Gasteiger partial charge in [-0.2, -0.15) is 0 Å². The Hall–Kier alpha value is -0.830. The summed E-state index contributed by atoms with van der Waals surface area (Å²) in [6, 6.07) is 0. The minimum Gasteiger partial charge on any atom is -0.356 e. The van der Waals surface area contributed by atoms with Crippen LogP contribution < -0.4 is 10.6 Å². The van der Waals surface area contributed by atoms with Gasteiger partial charge in [0.15, 0.2) is 0 Å². The van der Waals surface area contributed by atoms with Gasteiger partial charge >= 0.3 is 0 Å². The molecule has 2 N–H and O–H groups in total. The molecule has 0 aromatic rings. The van der Waals surface area contributed by atoms with Gasteiger partial charge in [0, 0.05) is 12.5 Å². The van der Waals surface area contributed by atoms with Crippen LogP contribution in [0.5, 0.6) is 0 Å². The number of amides is 1. The molecule has 3 nitrogen and oxygen atoms in total. The average molecular weight is 248 g/mol. The average Bonchev–Trinajstić information content (AvgIpc) is 3.12. The van der Waals surface area contributed by atoms with Gasteiger partial charge in [0.1, 0.15) is 0 Å². The van der Waals surface area contributed by atoms with Gasteiger partial charge in [-0.05, 0) is 62.9 Å². The predicted octanol–water partition coefficient (Wildman–Crippen LogP) is 1.85. The maximum absolute atomic E-state index is 12.2. The monoisotopic (exact) mass is 248 g/mol. The van der Waals surface area contributed by atoms with Crippen molar-refractivity contribution in [2.24, 2.45) is 17.3 Å². The van der Waals surface area contributed by atoms with Crippen molar-refractivity contribution in [2.45, 2.75) is 38.5 Å². The number of nitrogens with one attached hydrogen (secondary N) is 2. The number of carbonyl (C=O) groups is 1. The number of hydrogen-bond acceptors (Lipinski definition) is 2. The van der Waals surface area contributed by atoms with Gasteiger partial charge < -0.3 is 10.6 Å². The Bertz CT molecular complexity index is 344. The quantitative estimate of drug-likeness (QED) is 0.748. The highest BCUT2D eigenvalue weighted by Gasteiger charge is 2.57. The zero-order valence-corrected chi connectivity index (χ0v) is 11.1. The lowest BCUT2D eigenvalue weighted by molar-refractivity contribution is -0.123. The minimum absolute atomic E-state index is 0.318. The smallest absolute Gasteiger partial charge is 0.223 e. The van der Waals surface area contributed by atoms with Crippen molar-refractivity contribution in [3.63, 3.8) is 0 Å². The maximum Gasteiger partial charge on any atom is 0.223 e. The molecular formula is C15H24N2O. The summed E-state index contributed by atoms with van der Waals surface area (Å²) in [7, 11) is 0. The molecule has 1 saturated carbocycles. The Balaban J connectivity index is 1.44. The molecule has 2 fully saturated rings. The summed E-state index contributed by atoms with van der Waals surface area (Å²) < 4.78 is 0. The molecule has 2 unspecified atom stereocenters. The van der Waals surface area contributed by atoms with Crippen LogP contribution in [0.15, 0.2) is 12.2 Å². The maximum atomic E-state index is 12.2. The molecule has 2 aliphatic carbocycles. The van der Waals surface area contributed by atoms with Crippen LogP contribution in [0.4, 0.5) is 0 Å². The molecule has 0 aromatic carbocycles. The standard InChI is InChI=1S/C15H24N2O/c18-14(17-11-12-4-2-1-3-5-12)13-10-15(13)6-8-16-9-7-15/h1-2,12-13,16H,3-11H2,(H,17,18). The molecule has 0 aromatic heterocycles. The van der Waals surface area contributed by atoms with E-state index in [0.717, 1.165) is 32.5 Å². The van der Waals surface area contributed by atoms with Gasteiger partial charge in [0.05, 0.1) is 0 Å². The summed E-state index contributed by atoms with van der Waals surface area (Å²) in [4.78, 5) is 12.2. The molecule has 1 heterocycles. The summed E-state index contributed by atoms with van der Waals surface area (Å²) in [6.45, 7) is 3.07. The fraction of sp³-hybridized carbons (Fsp3) is 0.800. The van der Waals surface area contributed by atoms with Crippen molar-refractivity contribution in [3.05, 3.63) is 12.2 Å². The topological polar surface area (TPSA) is 41.1 Å². The van der Waals surface area contributed by atoms with Gasteiger partial charge in [-0.3, -0.25) is 4.79 Å². The van der Waals surface area contributed by atoms with E-state index in [1.165, 1.54) is 25.7 Å². The SMILES string of the molecule is O=C(NCC1CC=CCC1)C1CC12CCNCC2. The molecule has 1 spiro atoms. The normalized spacial score (nSPS) is 33.3. The molecule has 1 amide bonds. The van der Waals surface area contributed by atoms with E-state index in [2.05, 4.69) is 22.8 Å². The third kappa shape index (κ3) is 2.46. The van der Waals surface area contributed by atoms with E-state index >= 15 is 0 Å². The van der Waals surface area contributed by atoms with Crippen molar-refractivity contribution in [1.82, 2.24) is 10.6 Å².